The van der Waals surface area contributed by atoms with Crippen molar-refractivity contribution in [2.24, 2.45) is 0 Å². The van der Waals surface area contributed by atoms with Gasteiger partial charge in [-0.2, -0.15) is 0 Å². The molecule has 0 bridgehead atoms. The number of oxazole rings is 1. The molecule has 0 saturated heterocycles. The van der Waals surface area contributed by atoms with E-state index >= 15 is 0 Å². The highest BCUT2D eigenvalue weighted by Gasteiger charge is 2.38. The van der Waals surface area contributed by atoms with Crippen molar-refractivity contribution in [3.05, 3.63) is 169 Å². The lowest BCUT2D eigenvalue weighted by Crippen LogP contribution is -2.15. The molecule has 6 nitrogen and oxygen atoms in total. The maximum absolute atomic E-state index is 6.92. The van der Waals surface area contributed by atoms with Crippen LogP contribution in [0, 0.1) is 0 Å². The zero-order valence-electron chi connectivity index (χ0n) is 30.1. The molecule has 6 heteroatoms. The smallest absolute Gasteiger partial charge is 0.227 e. The van der Waals surface area contributed by atoms with Crippen LogP contribution < -0.4 is 0 Å². The molecule has 11 rings (SSSR count). The summed E-state index contributed by atoms with van der Waals surface area (Å²) in [7, 11) is 0. The second-order valence-corrected chi connectivity index (χ2v) is 14.6. The van der Waals surface area contributed by atoms with Crippen molar-refractivity contribution in [1.82, 2.24) is 19.9 Å². The van der Waals surface area contributed by atoms with E-state index in [1.807, 2.05) is 97.1 Å². The van der Waals surface area contributed by atoms with Gasteiger partial charge in [-0.05, 0) is 58.1 Å². The summed E-state index contributed by atoms with van der Waals surface area (Å²) in [5.74, 6) is 2.42. The van der Waals surface area contributed by atoms with Crippen molar-refractivity contribution in [1.29, 1.82) is 0 Å². The fourth-order valence-electron chi connectivity index (χ4n) is 8.32. The fraction of sp³-hybridized carbons (Fsp3) is 0.0612. The standard InChI is InChI=1S/C49H32N4O2/c1-49(2)39-26-24-32(28-38(39)34-25-27-40-42(41(34)49)50-48(54-40)31-18-10-5-11-19-31)33-20-12-21-35-36-22-13-23-37(44(36)55-43(33)35)47-52-45(29-14-6-3-7-15-29)51-46(53-47)30-16-8-4-9-17-30/h3-28H,1-2H3. The van der Waals surface area contributed by atoms with Crippen LogP contribution in [0.5, 0.6) is 0 Å². The van der Waals surface area contributed by atoms with Crippen molar-refractivity contribution >= 4 is 33.0 Å². The molecule has 0 radical (unpaired) electrons. The lowest BCUT2D eigenvalue weighted by molar-refractivity contribution is 0.619. The molecule has 3 heterocycles. The minimum Gasteiger partial charge on any atom is -0.455 e. The Morgan fingerprint density at radius 2 is 1.00 bits per heavy atom. The molecule has 7 aromatic carbocycles. The highest BCUT2D eigenvalue weighted by molar-refractivity contribution is 6.13. The maximum atomic E-state index is 6.92. The molecule has 0 N–H and O–H groups in total. The van der Waals surface area contributed by atoms with E-state index in [1.165, 1.54) is 22.3 Å². The van der Waals surface area contributed by atoms with Gasteiger partial charge in [0.2, 0.25) is 5.89 Å². The number of furan rings is 1. The molecule has 0 atom stereocenters. The molecule has 55 heavy (non-hydrogen) atoms. The van der Waals surface area contributed by atoms with Crippen molar-refractivity contribution in [3.8, 4) is 67.9 Å². The number of rotatable bonds is 5. The van der Waals surface area contributed by atoms with Crippen LogP contribution in [0.4, 0.5) is 0 Å². The van der Waals surface area contributed by atoms with E-state index < -0.39 is 0 Å². The summed E-state index contributed by atoms with van der Waals surface area (Å²) in [6.07, 6.45) is 0. The molecule has 0 fully saturated rings. The van der Waals surface area contributed by atoms with Crippen LogP contribution in [0.1, 0.15) is 25.0 Å². The Labute approximate surface area is 316 Å². The first-order valence-electron chi connectivity index (χ1n) is 18.5. The predicted molar refractivity (Wildman–Crippen MR) is 219 cm³/mol. The third-order valence-corrected chi connectivity index (χ3v) is 11.0. The molecular formula is C49H32N4O2. The second-order valence-electron chi connectivity index (χ2n) is 14.6. The molecule has 1 aliphatic carbocycles. The summed E-state index contributed by atoms with van der Waals surface area (Å²) in [4.78, 5) is 20.0. The zero-order valence-corrected chi connectivity index (χ0v) is 30.1. The molecule has 1 aliphatic rings. The third kappa shape index (κ3) is 4.88. The van der Waals surface area contributed by atoms with Crippen molar-refractivity contribution in [2.45, 2.75) is 19.3 Å². The molecule has 10 aromatic rings. The number of aromatic nitrogens is 4. The van der Waals surface area contributed by atoms with Crippen LogP contribution in [-0.2, 0) is 5.41 Å². The molecular weight excluding hydrogens is 677 g/mol. The van der Waals surface area contributed by atoms with E-state index in [4.69, 9.17) is 28.8 Å². The van der Waals surface area contributed by atoms with Crippen molar-refractivity contribution in [3.63, 3.8) is 0 Å². The van der Waals surface area contributed by atoms with Gasteiger partial charge in [0, 0.05) is 38.4 Å². The van der Waals surface area contributed by atoms with E-state index in [9.17, 15) is 0 Å². The summed E-state index contributed by atoms with van der Waals surface area (Å²) in [5, 5.41) is 2.04. The SMILES string of the molecule is CC1(C)c2ccc(-c3cccc4c3oc3c(-c5nc(-c6ccccc6)nc(-c6ccccc6)n5)cccc34)cc2-c2ccc3oc(-c4ccccc4)nc3c21. The second kappa shape index (κ2) is 11.9. The van der Waals surface area contributed by atoms with E-state index in [-0.39, 0.29) is 5.41 Å². The fourth-order valence-corrected chi connectivity index (χ4v) is 8.32. The first kappa shape index (κ1) is 31.4. The van der Waals surface area contributed by atoms with Gasteiger partial charge in [-0.3, -0.25) is 0 Å². The maximum Gasteiger partial charge on any atom is 0.227 e. The van der Waals surface area contributed by atoms with Crippen molar-refractivity contribution < 1.29 is 8.83 Å². The largest absolute Gasteiger partial charge is 0.455 e. The molecule has 0 saturated carbocycles. The Balaban J connectivity index is 1.06. The number of fused-ring (bicyclic) bond motifs is 8. The van der Waals surface area contributed by atoms with Crippen LogP contribution in [0.15, 0.2) is 167 Å². The number of para-hydroxylation sites is 2. The summed E-state index contributed by atoms with van der Waals surface area (Å²) >= 11 is 0. The first-order valence-corrected chi connectivity index (χ1v) is 18.5. The van der Waals surface area contributed by atoms with Gasteiger partial charge in [-0.25, -0.2) is 19.9 Å². The van der Waals surface area contributed by atoms with Gasteiger partial charge in [0.25, 0.3) is 0 Å². The molecule has 260 valence electrons. The quantitative estimate of drug-likeness (QED) is 0.177. The monoisotopic (exact) mass is 708 g/mol. The number of hydrogen-bond donors (Lipinski definition) is 0. The number of nitrogens with zero attached hydrogens (tertiary/aromatic N) is 4. The van der Waals surface area contributed by atoms with Gasteiger partial charge in [0.15, 0.2) is 23.1 Å². The average Bonchev–Trinajstić information content (AvgIpc) is 3.92. The van der Waals surface area contributed by atoms with Crippen LogP contribution in [0.3, 0.4) is 0 Å². The van der Waals surface area contributed by atoms with Gasteiger partial charge >= 0.3 is 0 Å². The van der Waals surface area contributed by atoms with E-state index in [2.05, 4.69) is 74.5 Å². The van der Waals surface area contributed by atoms with Gasteiger partial charge in [0.05, 0.1) is 5.56 Å². The molecule has 0 aliphatic heterocycles. The van der Waals surface area contributed by atoms with Crippen LogP contribution >= 0.6 is 0 Å². The normalized spacial score (nSPS) is 13.1. The predicted octanol–water partition coefficient (Wildman–Crippen LogP) is 12.6. The number of benzene rings is 7. The van der Waals surface area contributed by atoms with Gasteiger partial charge in [-0.15, -0.1) is 0 Å². The van der Waals surface area contributed by atoms with Crippen LogP contribution in [-0.4, -0.2) is 19.9 Å². The Bertz CT molecular complexity index is 3050. The van der Waals surface area contributed by atoms with Gasteiger partial charge < -0.3 is 8.83 Å². The Morgan fingerprint density at radius 3 is 1.65 bits per heavy atom. The van der Waals surface area contributed by atoms with Crippen molar-refractivity contribution in [2.75, 3.05) is 0 Å². The number of hydrogen-bond acceptors (Lipinski definition) is 6. The Morgan fingerprint density at radius 1 is 0.418 bits per heavy atom. The first-order chi connectivity index (χ1) is 27.0. The minimum absolute atomic E-state index is 0.268. The van der Waals surface area contributed by atoms with E-state index in [0.717, 1.165) is 66.4 Å². The summed E-state index contributed by atoms with van der Waals surface area (Å²) < 4.78 is 13.2. The molecule has 3 aromatic heterocycles. The van der Waals surface area contributed by atoms with E-state index in [1.54, 1.807) is 0 Å². The molecule has 0 unspecified atom stereocenters. The Hall–Kier alpha value is -7.18. The Kier molecular flexibility index (Phi) is 6.79. The molecule has 0 spiro atoms. The lowest BCUT2D eigenvalue weighted by Gasteiger charge is -2.21. The third-order valence-electron chi connectivity index (χ3n) is 11.0. The van der Waals surface area contributed by atoms with Crippen LogP contribution in [0.2, 0.25) is 0 Å². The summed E-state index contributed by atoms with van der Waals surface area (Å²) in [6.45, 7) is 4.56. The summed E-state index contributed by atoms with van der Waals surface area (Å²) in [6, 6.07) is 53.8. The highest BCUT2D eigenvalue weighted by atomic mass is 16.3. The van der Waals surface area contributed by atoms with Crippen LogP contribution in [0.25, 0.3) is 101 Å². The lowest BCUT2D eigenvalue weighted by atomic mass is 9.81. The minimum atomic E-state index is -0.268. The highest BCUT2D eigenvalue weighted by Crippen LogP contribution is 2.53. The average molecular weight is 709 g/mol. The summed E-state index contributed by atoms with van der Waals surface area (Å²) in [5.41, 5.74) is 13.6. The topological polar surface area (TPSA) is 77.8 Å². The zero-order chi connectivity index (χ0) is 36.7. The van der Waals surface area contributed by atoms with Gasteiger partial charge in [-0.1, -0.05) is 141 Å². The van der Waals surface area contributed by atoms with Gasteiger partial charge in [0.1, 0.15) is 16.7 Å². The van der Waals surface area contributed by atoms with E-state index in [0.29, 0.717) is 23.4 Å². The molecule has 0 amide bonds.